The van der Waals surface area contributed by atoms with Gasteiger partial charge in [0.25, 0.3) is 0 Å². The summed E-state index contributed by atoms with van der Waals surface area (Å²) in [7, 11) is 0. The Labute approximate surface area is 80.3 Å². The molecule has 1 saturated carbocycles. The lowest BCUT2D eigenvalue weighted by molar-refractivity contribution is -0.118. The summed E-state index contributed by atoms with van der Waals surface area (Å²) in [6.45, 7) is 2.46. The van der Waals surface area contributed by atoms with Gasteiger partial charge in [0, 0.05) is 12.0 Å². The highest BCUT2D eigenvalue weighted by Crippen LogP contribution is 2.40. The average Bonchev–Trinajstić information content (AvgIpc) is 2.18. The Kier molecular flexibility index (Phi) is 3.91. The molecule has 13 heavy (non-hydrogen) atoms. The molecule has 0 spiro atoms. The quantitative estimate of drug-likeness (QED) is 0.680. The smallest absolute Gasteiger partial charge is 0.126 e. The lowest BCUT2D eigenvalue weighted by Gasteiger charge is -2.34. The summed E-state index contributed by atoms with van der Waals surface area (Å²) in [5, 5.41) is 8.74. The molecule has 1 fully saturated rings. The molecule has 2 heteroatoms. The topological polar surface area (TPSA) is 37.3 Å². The Morgan fingerprint density at radius 2 is 2.08 bits per heavy atom. The molecule has 2 nitrogen and oxygen atoms in total. The minimum atomic E-state index is -0.0881. The van der Waals surface area contributed by atoms with Crippen molar-refractivity contribution in [2.45, 2.75) is 45.4 Å². The van der Waals surface area contributed by atoms with E-state index >= 15 is 0 Å². The van der Waals surface area contributed by atoms with Crippen molar-refractivity contribution in [3.05, 3.63) is 0 Å². The van der Waals surface area contributed by atoms with Crippen LogP contribution in [0.2, 0.25) is 0 Å². The molecule has 1 N–H and O–H groups in total. The van der Waals surface area contributed by atoms with Crippen LogP contribution in [-0.2, 0) is 4.79 Å². The molecule has 0 saturated heterocycles. The van der Waals surface area contributed by atoms with E-state index in [2.05, 4.69) is 6.92 Å². The van der Waals surface area contributed by atoms with Gasteiger partial charge in [0.1, 0.15) is 6.29 Å². The first-order valence-corrected chi connectivity index (χ1v) is 5.30. The van der Waals surface area contributed by atoms with Crippen LogP contribution in [-0.4, -0.2) is 18.0 Å². The second kappa shape index (κ2) is 4.75. The molecule has 1 rings (SSSR count). The summed E-state index contributed by atoms with van der Waals surface area (Å²) in [6.07, 6.45) is 7.17. The number of aliphatic hydroxyl groups excluding tert-OH is 1. The van der Waals surface area contributed by atoms with E-state index in [1.165, 1.54) is 12.8 Å². The van der Waals surface area contributed by atoms with Gasteiger partial charge in [0.2, 0.25) is 0 Å². The standard InChI is InChI=1S/C11H20O2/c1-10-3-6-11(9-13,7-4-10)5-2-8-12/h9-10,12H,2-8H2,1H3. The van der Waals surface area contributed by atoms with Crippen LogP contribution >= 0.6 is 0 Å². The van der Waals surface area contributed by atoms with Crippen molar-refractivity contribution in [3.8, 4) is 0 Å². The Hall–Kier alpha value is -0.370. The second-order valence-corrected chi connectivity index (χ2v) is 4.49. The monoisotopic (exact) mass is 184 g/mol. The normalized spacial score (nSPS) is 34.5. The number of hydrogen-bond donors (Lipinski definition) is 1. The van der Waals surface area contributed by atoms with Crippen LogP contribution in [0.3, 0.4) is 0 Å². The minimum absolute atomic E-state index is 0.0881. The first-order valence-electron chi connectivity index (χ1n) is 5.30. The maximum atomic E-state index is 11.0. The lowest BCUT2D eigenvalue weighted by Crippen LogP contribution is -2.28. The molecule has 0 atom stereocenters. The first-order chi connectivity index (χ1) is 6.22. The lowest BCUT2D eigenvalue weighted by atomic mass is 9.69. The fraction of sp³-hybridized carbons (Fsp3) is 0.909. The van der Waals surface area contributed by atoms with E-state index in [0.717, 1.165) is 37.9 Å². The molecule has 0 amide bonds. The summed E-state index contributed by atoms with van der Waals surface area (Å²) >= 11 is 0. The molecule has 0 aliphatic heterocycles. The Balaban J connectivity index is 2.45. The van der Waals surface area contributed by atoms with Gasteiger partial charge < -0.3 is 9.90 Å². The number of aldehydes is 1. The summed E-state index contributed by atoms with van der Waals surface area (Å²) < 4.78 is 0. The zero-order valence-electron chi connectivity index (χ0n) is 8.46. The summed E-state index contributed by atoms with van der Waals surface area (Å²) in [6, 6.07) is 0. The van der Waals surface area contributed by atoms with Crippen molar-refractivity contribution in [1.29, 1.82) is 0 Å². The van der Waals surface area contributed by atoms with Crippen LogP contribution in [0.1, 0.15) is 45.4 Å². The molecule has 0 radical (unpaired) electrons. The summed E-state index contributed by atoms with van der Waals surface area (Å²) in [5.74, 6) is 0.780. The molecule has 1 aliphatic rings. The van der Waals surface area contributed by atoms with Crippen LogP contribution in [0.5, 0.6) is 0 Å². The van der Waals surface area contributed by atoms with Crippen molar-refractivity contribution < 1.29 is 9.90 Å². The highest BCUT2D eigenvalue weighted by atomic mass is 16.2. The fourth-order valence-corrected chi connectivity index (χ4v) is 2.19. The molecule has 0 bridgehead atoms. The van der Waals surface area contributed by atoms with Gasteiger partial charge in [-0.1, -0.05) is 6.92 Å². The maximum absolute atomic E-state index is 11.0. The Morgan fingerprint density at radius 1 is 1.46 bits per heavy atom. The van der Waals surface area contributed by atoms with Crippen molar-refractivity contribution in [1.82, 2.24) is 0 Å². The molecule has 0 aromatic rings. The molecular formula is C11H20O2. The maximum Gasteiger partial charge on any atom is 0.126 e. The van der Waals surface area contributed by atoms with E-state index in [4.69, 9.17) is 5.11 Å². The predicted molar refractivity (Wildman–Crippen MR) is 52.4 cm³/mol. The predicted octanol–water partition coefficient (Wildman–Crippen LogP) is 2.15. The summed E-state index contributed by atoms with van der Waals surface area (Å²) in [4.78, 5) is 11.0. The van der Waals surface area contributed by atoms with Gasteiger partial charge >= 0.3 is 0 Å². The zero-order valence-corrected chi connectivity index (χ0v) is 8.46. The number of hydrogen-bond acceptors (Lipinski definition) is 2. The van der Waals surface area contributed by atoms with Crippen LogP contribution in [0.25, 0.3) is 0 Å². The molecule has 0 unspecified atom stereocenters. The average molecular weight is 184 g/mol. The fourth-order valence-electron chi connectivity index (χ4n) is 2.19. The highest BCUT2D eigenvalue weighted by Gasteiger charge is 2.33. The van der Waals surface area contributed by atoms with E-state index in [1.807, 2.05) is 0 Å². The minimum Gasteiger partial charge on any atom is -0.396 e. The van der Waals surface area contributed by atoms with Gasteiger partial charge in [-0.3, -0.25) is 0 Å². The largest absolute Gasteiger partial charge is 0.396 e. The van der Waals surface area contributed by atoms with Crippen molar-refractivity contribution in [2.24, 2.45) is 11.3 Å². The number of rotatable bonds is 4. The SMILES string of the molecule is CC1CCC(C=O)(CCCO)CC1. The van der Waals surface area contributed by atoms with E-state index in [0.29, 0.717) is 0 Å². The third kappa shape index (κ3) is 2.80. The van der Waals surface area contributed by atoms with Gasteiger partial charge in [-0.15, -0.1) is 0 Å². The molecular weight excluding hydrogens is 164 g/mol. The van der Waals surface area contributed by atoms with Crippen molar-refractivity contribution in [2.75, 3.05) is 6.61 Å². The number of carbonyl (C=O) groups excluding carboxylic acids is 1. The van der Waals surface area contributed by atoms with Crippen LogP contribution in [0, 0.1) is 11.3 Å². The number of aliphatic hydroxyl groups is 1. The van der Waals surface area contributed by atoms with E-state index in [1.54, 1.807) is 0 Å². The molecule has 0 aromatic heterocycles. The van der Waals surface area contributed by atoms with Crippen LogP contribution < -0.4 is 0 Å². The van der Waals surface area contributed by atoms with E-state index < -0.39 is 0 Å². The molecule has 0 aromatic carbocycles. The van der Waals surface area contributed by atoms with E-state index in [-0.39, 0.29) is 12.0 Å². The van der Waals surface area contributed by atoms with Gasteiger partial charge in [-0.2, -0.15) is 0 Å². The molecule has 1 aliphatic carbocycles. The van der Waals surface area contributed by atoms with Gasteiger partial charge in [-0.05, 0) is 44.4 Å². The molecule has 76 valence electrons. The van der Waals surface area contributed by atoms with Crippen molar-refractivity contribution in [3.63, 3.8) is 0 Å². The highest BCUT2D eigenvalue weighted by molar-refractivity contribution is 5.59. The van der Waals surface area contributed by atoms with E-state index in [9.17, 15) is 4.79 Å². The number of carbonyl (C=O) groups is 1. The first kappa shape index (κ1) is 10.7. The van der Waals surface area contributed by atoms with Gasteiger partial charge in [-0.25, -0.2) is 0 Å². The summed E-state index contributed by atoms with van der Waals surface area (Å²) in [5.41, 5.74) is -0.0881. The van der Waals surface area contributed by atoms with Crippen LogP contribution in [0.15, 0.2) is 0 Å². The third-order valence-electron chi connectivity index (χ3n) is 3.35. The zero-order chi connectivity index (χ0) is 9.73. The van der Waals surface area contributed by atoms with Gasteiger partial charge in [0.15, 0.2) is 0 Å². The van der Waals surface area contributed by atoms with Crippen molar-refractivity contribution >= 4 is 6.29 Å². The second-order valence-electron chi connectivity index (χ2n) is 4.49. The Morgan fingerprint density at radius 3 is 2.54 bits per heavy atom. The van der Waals surface area contributed by atoms with Gasteiger partial charge in [0.05, 0.1) is 0 Å². The van der Waals surface area contributed by atoms with Crippen LogP contribution in [0.4, 0.5) is 0 Å². The third-order valence-corrected chi connectivity index (χ3v) is 3.35. The Bertz CT molecular complexity index is 152. The molecule has 0 heterocycles.